The number of H-pyrrole nitrogens is 1. The lowest BCUT2D eigenvalue weighted by Crippen LogP contribution is -2.35. The number of aromatic nitrogens is 3. The summed E-state index contributed by atoms with van der Waals surface area (Å²) < 4.78 is 12.0. The molecule has 2 aliphatic rings. The van der Waals surface area contributed by atoms with Crippen LogP contribution in [0.1, 0.15) is 37.2 Å². The van der Waals surface area contributed by atoms with E-state index in [0.717, 1.165) is 68.3 Å². The van der Waals surface area contributed by atoms with Crippen molar-refractivity contribution in [3.8, 4) is 5.88 Å². The zero-order chi connectivity index (χ0) is 18.1. The van der Waals surface area contributed by atoms with Crippen LogP contribution >= 0.6 is 0 Å². The van der Waals surface area contributed by atoms with Crippen LogP contribution in [0.5, 0.6) is 5.88 Å². The highest BCUT2D eigenvalue weighted by Gasteiger charge is 2.30. The molecule has 1 N–H and O–H groups in total. The van der Waals surface area contributed by atoms with E-state index in [2.05, 4.69) is 27.0 Å². The third-order valence-corrected chi connectivity index (χ3v) is 5.56. The Morgan fingerprint density at radius 1 is 1.07 bits per heavy atom. The van der Waals surface area contributed by atoms with E-state index in [4.69, 9.17) is 14.5 Å². The van der Waals surface area contributed by atoms with Crippen LogP contribution in [0.3, 0.4) is 0 Å². The Morgan fingerprint density at radius 3 is 2.85 bits per heavy atom. The standard InChI is InChI=1S/C21H24N4O2/c1-2-7-18-17(6-1)23-21(24-18)25-12-4-8-19(25)27-20-16(5-3-11-22-20)15-9-13-26-14-10-15/h1-3,5-7,11,15,19H,4,8-10,12-14H2,(H,23,24)/t19-/m0/s1. The summed E-state index contributed by atoms with van der Waals surface area (Å²) in [5, 5.41) is 0. The topological polar surface area (TPSA) is 63.3 Å². The van der Waals surface area contributed by atoms with Gasteiger partial charge in [0.2, 0.25) is 11.8 Å². The average molecular weight is 364 g/mol. The molecule has 2 fully saturated rings. The summed E-state index contributed by atoms with van der Waals surface area (Å²) in [6.07, 6.45) is 5.89. The van der Waals surface area contributed by atoms with Gasteiger partial charge >= 0.3 is 0 Å². The molecular weight excluding hydrogens is 340 g/mol. The summed E-state index contributed by atoms with van der Waals surface area (Å²) in [7, 11) is 0. The van der Waals surface area contributed by atoms with E-state index in [-0.39, 0.29) is 6.23 Å². The lowest BCUT2D eigenvalue weighted by atomic mass is 9.92. The Labute approximate surface area is 158 Å². The maximum absolute atomic E-state index is 6.44. The number of nitrogens with zero attached hydrogens (tertiary/aromatic N) is 3. The largest absolute Gasteiger partial charge is 0.453 e. The van der Waals surface area contributed by atoms with Crippen LogP contribution in [0.2, 0.25) is 0 Å². The predicted molar refractivity (Wildman–Crippen MR) is 104 cm³/mol. The Morgan fingerprint density at radius 2 is 1.96 bits per heavy atom. The first kappa shape index (κ1) is 16.6. The summed E-state index contributed by atoms with van der Waals surface area (Å²) in [6, 6.07) is 12.3. The van der Waals surface area contributed by atoms with Gasteiger partial charge in [-0.25, -0.2) is 9.97 Å². The molecule has 3 aromatic rings. The molecule has 27 heavy (non-hydrogen) atoms. The van der Waals surface area contributed by atoms with Crippen molar-refractivity contribution in [2.45, 2.75) is 37.8 Å². The first-order valence-electron chi connectivity index (χ1n) is 9.79. The number of pyridine rings is 1. The minimum absolute atomic E-state index is 0.0425. The zero-order valence-electron chi connectivity index (χ0n) is 15.3. The first-order chi connectivity index (χ1) is 13.4. The summed E-state index contributed by atoms with van der Waals surface area (Å²) in [6.45, 7) is 2.56. The normalized spacial score (nSPS) is 21.0. The van der Waals surface area contributed by atoms with Crippen LogP contribution in [0.15, 0.2) is 42.6 Å². The Balaban J connectivity index is 1.40. The highest BCUT2D eigenvalue weighted by molar-refractivity contribution is 5.77. The van der Waals surface area contributed by atoms with Gasteiger partial charge in [-0.2, -0.15) is 0 Å². The number of hydrogen-bond donors (Lipinski definition) is 1. The molecule has 2 aromatic heterocycles. The van der Waals surface area contributed by atoms with Gasteiger partial charge in [-0.15, -0.1) is 0 Å². The molecule has 0 unspecified atom stereocenters. The third-order valence-electron chi connectivity index (χ3n) is 5.56. The van der Waals surface area contributed by atoms with Gasteiger partial charge in [0.05, 0.1) is 11.0 Å². The van der Waals surface area contributed by atoms with E-state index in [1.807, 2.05) is 30.5 Å². The Hall–Kier alpha value is -2.60. The van der Waals surface area contributed by atoms with E-state index in [1.54, 1.807) is 0 Å². The Bertz CT molecular complexity index is 886. The third kappa shape index (κ3) is 3.25. The summed E-state index contributed by atoms with van der Waals surface area (Å²) in [4.78, 5) is 15.0. The predicted octanol–water partition coefficient (Wildman–Crippen LogP) is 3.86. The molecule has 0 bridgehead atoms. The molecule has 4 heterocycles. The fraction of sp³-hybridized carbons (Fsp3) is 0.429. The number of rotatable bonds is 4. The van der Waals surface area contributed by atoms with E-state index < -0.39 is 0 Å². The second kappa shape index (κ2) is 7.19. The van der Waals surface area contributed by atoms with Crippen molar-refractivity contribution in [2.75, 3.05) is 24.7 Å². The van der Waals surface area contributed by atoms with Crippen LogP contribution in [-0.2, 0) is 4.74 Å². The van der Waals surface area contributed by atoms with Crippen molar-refractivity contribution in [2.24, 2.45) is 0 Å². The minimum atomic E-state index is -0.0425. The minimum Gasteiger partial charge on any atom is -0.453 e. The van der Waals surface area contributed by atoms with Gasteiger partial charge in [-0.1, -0.05) is 18.2 Å². The lowest BCUT2D eigenvalue weighted by molar-refractivity contribution is 0.0838. The monoisotopic (exact) mass is 364 g/mol. The van der Waals surface area contributed by atoms with Crippen molar-refractivity contribution in [3.63, 3.8) is 0 Å². The highest BCUT2D eigenvalue weighted by Crippen LogP contribution is 2.34. The number of nitrogens with one attached hydrogen (secondary N) is 1. The summed E-state index contributed by atoms with van der Waals surface area (Å²) in [5.41, 5.74) is 3.25. The molecule has 140 valence electrons. The number of hydrogen-bond acceptors (Lipinski definition) is 5. The van der Waals surface area contributed by atoms with E-state index in [0.29, 0.717) is 5.92 Å². The second-order valence-electron chi connectivity index (χ2n) is 7.27. The molecule has 0 saturated carbocycles. The maximum Gasteiger partial charge on any atom is 0.218 e. The molecule has 2 saturated heterocycles. The number of fused-ring (bicyclic) bond motifs is 1. The van der Waals surface area contributed by atoms with Crippen molar-refractivity contribution in [1.82, 2.24) is 15.0 Å². The molecule has 6 nitrogen and oxygen atoms in total. The quantitative estimate of drug-likeness (QED) is 0.762. The molecule has 0 amide bonds. The molecule has 0 radical (unpaired) electrons. The molecule has 0 aliphatic carbocycles. The van der Waals surface area contributed by atoms with Gasteiger partial charge in [0.25, 0.3) is 0 Å². The molecule has 1 aromatic carbocycles. The fourth-order valence-electron chi connectivity index (χ4n) is 4.13. The first-order valence-corrected chi connectivity index (χ1v) is 9.79. The number of imidazole rings is 1. The van der Waals surface area contributed by atoms with Gasteiger partial charge in [0.15, 0.2) is 6.23 Å². The molecule has 0 spiro atoms. The number of ether oxygens (including phenoxy) is 2. The zero-order valence-corrected chi connectivity index (χ0v) is 15.3. The molecule has 6 heteroatoms. The van der Waals surface area contributed by atoms with E-state index in [9.17, 15) is 0 Å². The lowest BCUT2D eigenvalue weighted by Gasteiger charge is -2.28. The number of para-hydroxylation sites is 2. The maximum atomic E-state index is 6.44. The van der Waals surface area contributed by atoms with Gasteiger partial charge < -0.3 is 19.4 Å². The summed E-state index contributed by atoms with van der Waals surface area (Å²) >= 11 is 0. The van der Waals surface area contributed by atoms with Gasteiger partial charge in [-0.3, -0.25) is 0 Å². The van der Waals surface area contributed by atoms with Crippen LogP contribution in [-0.4, -0.2) is 40.9 Å². The van der Waals surface area contributed by atoms with Crippen molar-refractivity contribution < 1.29 is 9.47 Å². The number of anilines is 1. The SMILES string of the molecule is c1cnc(O[C@H]2CCCN2c2nc3ccccc3[nH]2)c(C2CCOCC2)c1. The molecule has 2 aliphatic heterocycles. The van der Waals surface area contributed by atoms with Crippen molar-refractivity contribution >= 4 is 17.0 Å². The van der Waals surface area contributed by atoms with Gasteiger partial charge in [0, 0.05) is 37.9 Å². The van der Waals surface area contributed by atoms with Gasteiger partial charge in [0.1, 0.15) is 0 Å². The smallest absolute Gasteiger partial charge is 0.218 e. The second-order valence-corrected chi connectivity index (χ2v) is 7.27. The molecular formula is C21H24N4O2. The van der Waals surface area contributed by atoms with Gasteiger partial charge in [-0.05, 0) is 43.4 Å². The highest BCUT2D eigenvalue weighted by atomic mass is 16.5. The molecule has 1 atom stereocenters. The fourth-order valence-corrected chi connectivity index (χ4v) is 4.13. The van der Waals surface area contributed by atoms with Crippen LogP contribution < -0.4 is 9.64 Å². The average Bonchev–Trinajstić information content (AvgIpc) is 3.35. The molecule has 5 rings (SSSR count). The van der Waals surface area contributed by atoms with E-state index in [1.165, 1.54) is 5.56 Å². The summed E-state index contributed by atoms with van der Waals surface area (Å²) in [5.74, 6) is 2.10. The van der Waals surface area contributed by atoms with Crippen LogP contribution in [0, 0.1) is 0 Å². The number of benzene rings is 1. The van der Waals surface area contributed by atoms with Crippen molar-refractivity contribution in [3.05, 3.63) is 48.2 Å². The van der Waals surface area contributed by atoms with Crippen LogP contribution in [0.4, 0.5) is 5.95 Å². The Kier molecular flexibility index (Phi) is 4.41. The van der Waals surface area contributed by atoms with E-state index >= 15 is 0 Å². The number of aromatic amines is 1. The van der Waals surface area contributed by atoms with Crippen molar-refractivity contribution in [1.29, 1.82) is 0 Å². The van der Waals surface area contributed by atoms with Crippen LogP contribution in [0.25, 0.3) is 11.0 Å².